The Hall–Kier alpha value is -2.15. The third-order valence-corrected chi connectivity index (χ3v) is 3.56. The predicted octanol–water partition coefficient (Wildman–Crippen LogP) is 5.40. The van der Waals surface area contributed by atoms with Gasteiger partial charge in [0.25, 0.3) is 0 Å². The van der Waals surface area contributed by atoms with Crippen LogP contribution in [0.25, 0.3) is 11.3 Å². The average Bonchev–Trinajstić information content (AvgIpc) is 2.49. The van der Waals surface area contributed by atoms with Crippen molar-refractivity contribution in [2.75, 3.05) is 0 Å². The van der Waals surface area contributed by atoms with Crippen LogP contribution in [0.1, 0.15) is 43.4 Å². The highest BCUT2D eigenvalue weighted by Gasteiger charge is 2.12. The normalized spacial score (nSPS) is 12.2. The van der Waals surface area contributed by atoms with E-state index in [1.807, 2.05) is 18.2 Å². The smallest absolute Gasteiger partial charge is 0.0732 e. The van der Waals surface area contributed by atoms with Crippen LogP contribution in [-0.2, 0) is 0 Å². The van der Waals surface area contributed by atoms with Crippen molar-refractivity contribution in [1.82, 2.24) is 0 Å². The third-order valence-electron chi connectivity index (χ3n) is 3.56. The van der Waals surface area contributed by atoms with Crippen LogP contribution in [0, 0.1) is 0 Å². The minimum Gasteiger partial charge on any atom is -0.264 e. The van der Waals surface area contributed by atoms with Crippen LogP contribution in [0.2, 0.25) is 0 Å². The van der Waals surface area contributed by atoms with Crippen molar-refractivity contribution >= 4 is 18.0 Å². The van der Waals surface area contributed by atoms with Gasteiger partial charge >= 0.3 is 0 Å². The van der Waals surface area contributed by atoms with Crippen LogP contribution in [0.3, 0.4) is 0 Å². The fraction of sp³-hybridized carbons (Fsp3) is 0.211. The highest BCUT2D eigenvalue weighted by molar-refractivity contribution is 5.91. The van der Waals surface area contributed by atoms with Gasteiger partial charge in [0, 0.05) is 5.56 Å². The summed E-state index contributed by atoms with van der Waals surface area (Å²) in [6.45, 7) is 10.3. The molecular weight excluding hydrogens is 242 g/mol. The van der Waals surface area contributed by atoms with Gasteiger partial charge in [0.15, 0.2) is 0 Å². The van der Waals surface area contributed by atoms with Gasteiger partial charge in [0.1, 0.15) is 0 Å². The number of allylic oxidation sites excluding steroid dienone is 1. The lowest BCUT2D eigenvalue weighted by Gasteiger charge is -2.15. The molecule has 1 heteroatoms. The number of benzene rings is 2. The van der Waals surface area contributed by atoms with Gasteiger partial charge in [-0.05, 0) is 36.3 Å². The fourth-order valence-electron chi connectivity index (χ4n) is 2.45. The monoisotopic (exact) mass is 263 g/mol. The molecule has 2 aromatic rings. The Bertz CT molecular complexity index is 621. The van der Waals surface area contributed by atoms with Gasteiger partial charge in [-0.25, -0.2) is 0 Å². The van der Waals surface area contributed by atoms with Gasteiger partial charge in [-0.2, -0.15) is 0 Å². The molecule has 20 heavy (non-hydrogen) atoms. The number of nitrogens with zero attached hydrogens (tertiary/aromatic N) is 1. The minimum absolute atomic E-state index is 0.464. The predicted molar refractivity (Wildman–Crippen MR) is 89.0 cm³/mol. The molecule has 0 aliphatic heterocycles. The van der Waals surface area contributed by atoms with E-state index < -0.39 is 0 Å². The molecule has 0 atom stereocenters. The molecule has 0 saturated carbocycles. The molecule has 0 bridgehead atoms. The molecule has 102 valence electrons. The molecule has 0 amide bonds. The van der Waals surface area contributed by atoms with E-state index in [1.165, 1.54) is 16.7 Å². The van der Waals surface area contributed by atoms with Crippen molar-refractivity contribution in [1.29, 1.82) is 0 Å². The average molecular weight is 263 g/mol. The van der Waals surface area contributed by atoms with Crippen LogP contribution < -0.4 is 0 Å². The zero-order valence-corrected chi connectivity index (χ0v) is 12.4. The maximum Gasteiger partial charge on any atom is 0.0732 e. The molecule has 0 N–H and O–H groups in total. The van der Waals surface area contributed by atoms with Crippen LogP contribution >= 0.6 is 0 Å². The molecule has 0 fully saturated rings. The largest absolute Gasteiger partial charge is 0.264 e. The summed E-state index contributed by atoms with van der Waals surface area (Å²) < 4.78 is 0. The summed E-state index contributed by atoms with van der Waals surface area (Å²) in [6, 6.07) is 18.8. The summed E-state index contributed by atoms with van der Waals surface area (Å²) in [6.07, 6.45) is 0. The fourth-order valence-corrected chi connectivity index (χ4v) is 2.45. The highest BCUT2D eigenvalue weighted by Crippen LogP contribution is 2.31. The molecule has 0 heterocycles. The second-order valence-electron chi connectivity index (χ2n) is 5.24. The Morgan fingerprint density at radius 1 is 0.950 bits per heavy atom. The first-order chi connectivity index (χ1) is 9.65. The molecule has 0 aliphatic carbocycles. The zero-order valence-electron chi connectivity index (χ0n) is 12.4. The second-order valence-corrected chi connectivity index (χ2v) is 5.24. The molecule has 0 spiro atoms. The van der Waals surface area contributed by atoms with Crippen molar-refractivity contribution in [3.05, 3.63) is 71.3 Å². The highest BCUT2D eigenvalue weighted by atomic mass is 14.7. The summed E-state index contributed by atoms with van der Waals surface area (Å²) in [5.41, 5.74) is 5.81. The van der Waals surface area contributed by atoms with E-state index in [1.54, 1.807) is 0 Å². The van der Waals surface area contributed by atoms with E-state index in [-0.39, 0.29) is 0 Å². The molecule has 0 saturated heterocycles. The number of hydrogen-bond donors (Lipinski definition) is 0. The van der Waals surface area contributed by atoms with Crippen molar-refractivity contribution in [2.45, 2.75) is 26.7 Å². The Morgan fingerprint density at radius 3 is 2.15 bits per heavy atom. The summed E-state index contributed by atoms with van der Waals surface area (Å²) in [5.74, 6) is 0.464. The molecule has 0 aliphatic rings. The van der Waals surface area contributed by atoms with Gasteiger partial charge < -0.3 is 0 Å². The topological polar surface area (TPSA) is 12.4 Å². The summed E-state index contributed by atoms with van der Waals surface area (Å²) in [7, 11) is 0. The Balaban J connectivity index is 2.62. The van der Waals surface area contributed by atoms with Gasteiger partial charge in [-0.1, -0.05) is 68.4 Å². The van der Waals surface area contributed by atoms with Gasteiger partial charge in [-0.15, -0.1) is 0 Å². The lowest BCUT2D eigenvalue weighted by Crippen LogP contribution is -1.96. The second kappa shape index (κ2) is 6.33. The standard InChI is InChI=1S/C19H21N/c1-14(2)17-12-8-9-13-18(17)19(20-4)15(3)16-10-6-5-7-11-16/h5-14H,4H2,1-3H3/b19-15+. The van der Waals surface area contributed by atoms with Crippen LogP contribution in [-0.4, -0.2) is 6.72 Å². The summed E-state index contributed by atoms with van der Waals surface area (Å²) in [5, 5.41) is 0. The molecule has 0 aromatic heterocycles. The molecule has 2 aromatic carbocycles. The maximum absolute atomic E-state index is 4.31. The maximum atomic E-state index is 4.31. The minimum atomic E-state index is 0.464. The SMILES string of the molecule is C=N/C(=C(\C)c1ccccc1)c1ccccc1C(C)C. The number of hydrogen-bond acceptors (Lipinski definition) is 1. The van der Waals surface area contributed by atoms with E-state index >= 15 is 0 Å². The van der Waals surface area contributed by atoms with Gasteiger partial charge in [0.05, 0.1) is 5.70 Å². The lowest BCUT2D eigenvalue weighted by atomic mass is 9.92. The van der Waals surface area contributed by atoms with E-state index in [0.29, 0.717) is 5.92 Å². The molecule has 0 radical (unpaired) electrons. The summed E-state index contributed by atoms with van der Waals surface area (Å²) in [4.78, 5) is 4.31. The van der Waals surface area contributed by atoms with E-state index in [4.69, 9.17) is 0 Å². The van der Waals surface area contributed by atoms with E-state index in [9.17, 15) is 0 Å². The van der Waals surface area contributed by atoms with Gasteiger partial charge in [-0.3, -0.25) is 4.99 Å². The third kappa shape index (κ3) is 2.88. The van der Waals surface area contributed by atoms with E-state index in [2.05, 4.69) is 68.9 Å². The van der Waals surface area contributed by atoms with E-state index in [0.717, 1.165) is 11.3 Å². The quantitative estimate of drug-likeness (QED) is 0.517. The van der Waals surface area contributed by atoms with Crippen LogP contribution in [0.4, 0.5) is 0 Å². The number of aliphatic imine (C=N–C) groups is 1. The zero-order chi connectivity index (χ0) is 14.5. The molecular formula is C19H21N. The number of rotatable bonds is 4. The molecule has 2 rings (SSSR count). The Kier molecular flexibility index (Phi) is 4.52. The van der Waals surface area contributed by atoms with Crippen molar-refractivity contribution in [3.63, 3.8) is 0 Å². The lowest BCUT2D eigenvalue weighted by molar-refractivity contribution is 0.862. The first-order valence-corrected chi connectivity index (χ1v) is 6.97. The summed E-state index contributed by atoms with van der Waals surface area (Å²) >= 11 is 0. The van der Waals surface area contributed by atoms with Crippen LogP contribution in [0.5, 0.6) is 0 Å². The Morgan fingerprint density at radius 2 is 1.55 bits per heavy atom. The van der Waals surface area contributed by atoms with Crippen molar-refractivity contribution < 1.29 is 0 Å². The molecule has 1 nitrogen and oxygen atoms in total. The Labute approximate surface area is 121 Å². The first-order valence-electron chi connectivity index (χ1n) is 6.97. The van der Waals surface area contributed by atoms with Crippen molar-refractivity contribution in [2.24, 2.45) is 4.99 Å². The first kappa shape index (κ1) is 14.3. The molecule has 0 unspecified atom stereocenters. The van der Waals surface area contributed by atoms with Crippen LogP contribution in [0.15, 0.2) is 59.6 Å². The van der Waals surface area contributed by atoms with Gasteiger partial charge in [0.2, 0.25) is 0 Å². The van der Waals surface area contributed by atoms with Crippen molar-refractivity contribution in [3.8, 4) is 0 Å².